The fourth-order valence-electron chi connectivity index (χ4n) is 4.49. The Morgan fingerprint density at radius 2 is 1.77 bits per heavy atom. The second-order valence-electron chi connectivity index (χ2n) is 9.68. The Morgan fingerprint density at radius 1 is 1.05 bits per heavy atom. The number of primary amides is 1. The molecule has 0 saturated carbocycles. The maximum atomic E-state index is 10.9. The normalized spacial score (nSPS) is 13.6. The van der Waals surface area contributed by atoms with E-state index < -0.39 is 0 Å². The number of ether oxygens (including phenoxy) is 2. The van der Waals surface area contributed by atoms with Gasteiger partial charge in [-0.1, -0.05) is 39.8 Å². The van der Waals surface area contributed by atoms with Crippen molar-refractivity contribution in [3.05, 3.63) is 52.9 Å². The van der Waals surface area contributed by atoms with E-state index in [4.69, 9.17) is 15.2 Å². The van der Waals surface area contributed by atoms with E-state index in [9.17, 15) is 4.79 Å². The highest BCUT2D eigenvalue weighted by Crippen LogP contribution is 2.29. The highest BCUT2D eigenvalue weighted by Gasteiger charge is 2.11. The van der Waals surface area contributed by atoms with Crippen molar-refractivity contribution < 1.29 is 14.3 Å². The summed E-state index contributed by atoms with van der Waals surface area (Å²) < 4.78 is 11.9. The SMILES string of the molecule is CC.CCc1cc2ccc(NCC[C@H](C)C(N)=O)cc2s1.COc1ccc(CCCN2CCCC2)cc1OC. The minimum absolute atomic E-state index is 0.0790. The van der Waals surface area contributed by atoms with Crippen LogP contribution in [0.4, 0.5) is 5.69 Å². The highest BCUT2D eigenvalue weighted by atomic mass is 32.1. The van der Waals surface area contributed by atoms with Gasteiger partial charge in [-0.3, -0.25) is 4.79 Å². The number of thiophene rings is 1. The van der Waals surface area contributed by atoms with E-state index in [0.717, 1.165) is 43.0 Å². The maximum Gasteiger partial charge on any atom is 0.220 e. The lowest BCUT2D eigenvalue weighted by molar-refractivity contribution is -0.121. The summed E-state index contributed by atoms with van der Waals surface area (Å²) in [6.45, 7) is 12.6. The van der Waals surface area contributed by atoms with Gasteiger partial charge in [-0.05, 0) is 99.4 Å². The number of anilines is 1. The molecule has 216 valence electrons. The van der Waals surface area contributed by atoms with E-state index in [1.807, 2.05) is 38.2 Å². The Balaban J connectivity index is 0.000000258. The van der Waals surface area contributed by atoms with Crippen molar-refractivity contribution in [2.45, 2.75) is 66.2 Å². The smallest absolute Gasteiger partial charge is 0.220 e. The second-order valence-corrected chi connectivity index (χ2v) is 10.8. The first-order chi connectivity index (χ1) is 18.9. The molecular formula is C32H49N3O3S. The zero-order valence-corrected chi connectivity index (χ0v) is 25.7. The Labute approximate surface area is 239 Å². The fourth-order valence-corrected chi connectivity index (χ4v) is 5.54. The summed E-state index contributed by atoms with van der Waals surface area (Å²) >= 11 is 1.84. The number of hydrogen-bond acceptors (Lipinski definition) is 6. The third kappa shape index (κ3) is 10.7. The number of carbonyl (C=O) groups is 1. The molecule has 39 heavy (non-hydrogen) atoms. The van der Waals surface area contributed by atoms with Crippen LogP contribution in [0.15, 0.2) is 42.5 Å². The standard InChI is InChI=1S/C15H20N2OS.C15H23NO2.C2H6/c1-3-13-8-11-4-5-12(9-14(11)19-13)17-7-6-10(2)15(16)18;1-17-14-8-7-13(12-15(14)18-2)6-5-11-16-9-3-4-10-16;1-2/h4-5,8-10,17H,3,6-7H2,1-2H3,(H2,16,18);7-8,12H,3-6,9-11H2,1-2H3;1-2H3/t10-;;/m0../s1. The molecule has 7 heteroatoms. The van der Waals surface area contributed by atoms with Gasteiger partial charge in [-0.15, -0.1) is 11.3 Å². The van der Waals surface area contributed by atoms with E-state index in [1.54, 1.807) is 14.2 Å². The lowest BCUT2D eigenvalue weighted by atomic mass is 10.1. The summed E-state index contributed by atoms with van der Waals surface area (Å²) in [5.41, 5.74) is 7.67. The number of rotatable bonds is 12. The summed E-state index contributed by atoms with van der Waals surface area (Å²) in [6.07, 6.45) is 6.91. The van der Waals surface area contributed by atoms with Gasteiger partial charge in [0.25, 0.3) is 0 Å². The molecule has 2 aromatic carbocycles. The number of hydrogen-bond donors (Lipinski definition) is 2. The number of fused-ring (bicyclic) bond motifs is 1. The molecule has 1 aliphatic heterocycles. The van der Waals surface area contributed by atoms with Crippen LogP contribution in [0.1, 0.15) is 63.8 Å². The summed E-state index contributed by atoms with van der Waals surface area (Å²) in [5, 5.41) is 4.65. The van der Waals surface area contributed by atoms with Crippen molar-refractivity contribution in [3.63, 3.8) is 0 Å². The summed E-state index contributed by atoms with van der Waals surface area (Å²) in [6, 6.07) is 14.9. The summed E-state index contributed by atoms with van der Waals surface area (Å²) in [4.78, 5) is 14.9. The number of methoxy groups -OCH3 is 2. The molecule has 3 N–H and O–H groups in total. The molecule has 0 aliphatic carbocycles. The first-order valence-electron chi connectivity index (χ1n) is 14.4. The third-order valence-electron chi connectivity index (χ3n) is 6.90. The van der Waals surface area contributed by atoms with Crippen LogP contribution in [0.2, 0.25) is 0 Å². The molecule has 2 heterocycles. The van der Waals surface area contributed by atoms with Crippen LogP contribution in [0.5, 0.6) is 11.5 Å². The monoisotopic (exact) mass is 555 g/mol. The number of carbonyl (C=O) groups excluding carboxylic acids is 1. The molecule has 1 atom stereocenters. The lowest BCUT2D eigenvalue weighted by Crippen LogP contribution is -2.22. The van der Waals surface area contributed by atoms with Gasteiger partial charge in [0.15, 0.2) is 11.5 Å². The van der Waals surface area contributed by atoms with E-state index in [1.165, 1.54) is 59.4 Å². The predicted molar refractivity (Wildman–Crippen MR) is 168 cm³/mol. The predicted octanol–water partition coefficient (Wildman–Crippen LogP) is 7.15. The first-order valence-corrected chi connectivity index (χ1v) is 15.2. The molecule has 4 rings (SSSR count). The molecule has 1 aromatic heterocycles. The van der Waals surface area contributed by atoms with E-state index >= 15 is 0 Å². The largest absolute Gasteiger partial charge is 0.493 e. The highest BCUT2D eigenvalue weighted by molar-refractivity contribution is 7.19. The van der Waals surface area contributed by atoms with Crippen LogP contribution < -0.4 is 20.5 Å². The zero-order valence-electron chi connectivity index (χ0n) is 24.8. The fraction of sp³-hybridized carbons (Fsp3) is 0.531. The van der Waals surface area contributed by atoms with Crippen LogP contribution in [0, 0.1) is 5.92 Å². The van der Waals surface area contributed by atoms with Gasteiger partial charge in [-0.2, -0.15) is 0 Å². The Morgan fingerprint density at radius 3 is 2.41 bits per heavy atom. The Bertz CT molecular complexity index is 1130. The van der Waals surface area contributed by atoms with E-state index in [0.29, 0.717) is 0 Å². The Hall–Kier alpha value is -2.77. The molecule has 0 spiro atoms. The second kappa shape index (κ2) is 17.7. The van der Waals surface area contributed by atoms with Gasteiger partial charge < -0.3 is 25.4 Å². The van der Waals surface area contributed by atoms with Crippen molar-refractivity contribution >= 4 is 33.0 Å². The van der Waals surface area contributed by atoms with Gasteiger partial charge in [0, 0.05) is 27.7 Å². The molecular weight excluding hydrogens is 506 g/mol. The van der Waals surface area contributed by atoms with Crippen LogP contribution >= 0.6 is 11.3 Å². The minimum atomic E-state index is -0.233. The van der Waals surface area contributed by atoms with Gasteiger partial charge >= 0.3 is 0 Å². The number of nitrogens with zero attached hydrogens (tertiary/aromatic N) is 1. The van der Waals surface area contributed by atoms with Gasteiger partial charge in [-0.25, -0.2) is 0 Å². The van der Waals surface area contributed by atoms with Crippen molar-refractivity contribution in [1.82, 2.24) is 4.90 Å². The van der Waals surface area contributed by atoms with Crippen molar-refractivity contribution in [2.24, 2.45) is 11.7 Å². The molecule has 1 aliphatic rings. The van der Waals surface area contributed by atoms with Gasteiger partial charge in [0.05, 0.1) is 14.2 Å². The third-order valence-corrected chi connectivity index (χ3v) is 8.14. The molecule has 1 amide bonds. The molecule has 3 aromatic rings. The van der Waals surface area contributed by atoms with Crippen molar-refractivity contribution in [3.8, 4) is 11.5 Å². The molecule has 0 unspecified atom stereocenters. The maximum absolute atomic E-state index is 10.9. The first kappa shape index (κ1) is 32.4. The molecule has 1 fully saturated rings. The number of amides is 1. The topological polar surface area (TPSA) is 76.8 Å². The van der Waals surface area contributed by atoms with E-state index in [-0.39, 0.29) is 11.8 Å². The number of aryl methyl sites for hydroxylation is 2. The summed E-state index contributed by atoms with van der Waals surface area (Å²) in [7, 11) is 3.36. The average Bonchev–Trinajstić information content (AvgIpc) is 3.64. The number of nitrogens with one attached hydrogen (secondary N) is 1. The van der Waals surface area contributed by atoms with Crippen molar-refractivity contribution in [2.75, 3.05) is 45.7 Å². The van der Waals surface area contributed by atoms with Crippen LogP contribution in [0.3, 0.4) is 0 Å². The van der Waals surface area contributed by atoms with Crippen molar-refractivity contribution in [1.29, 1.82) is 0 Å². The minimum Gasteiger partial charge on any atom is -0.493 e. The molecule has 0 radical (unpaired) electrons. The van der Waals surface area contributed by atoms with Gasteiger partial charge in [0.1, 0.15) is 0 Å². The molecule has 1 saturated heterocycles. The number of likely N-dealkylation sites (tertiary alicyclic amines) is 1. The van der Waals surface area contributed by atoms with Crippen LogP contribution in [-0.2, 0) is 17.6 Å². The van der Waals surface area contributed by atoms with Crippen LogP contribution in [-0.4, -0.2) is 51.2 Å². The average molecular weight is 556 g/mol. The van der Waals surface area contributed by atoms with E-state index in [2.05, 4.69) is 53.5 Å². The quantitative estimate of drug-likeness (QED) is 0.248. The number of benzene rings is 2. The molecule has 6 nitrogen and oxygen atoms in total. The van der Waals surface area contributed by atoms with Gasteiger partial charge in [0.2, 0.25) is 5.91 Å². The van der Waals surface area contributed by atoms with Crippen LogP contribution in [0.25, 0.3) is 10.1 Å². The zero-order chi connectivity index (χ0) is 28.6. The molecule has 0 bridgehead atoms. The summed E-state index contributed by atoms with van der Waals surface area (Å²) in [5.74, 6) is 1.32. The lowest BCUT2D eigenvalue weighted by Gasteiger charge is -2.14. The number of nitrogens with two attached hydrogens (primary N) is 1. The Kier molecular flexibility index (Phi) is 14.8.